The number of nitrogens with zero attached hydrogens (tertiary/aromatic N) is 2. The molecule has 0 saturated carbocycles. The summed E-state index contributed by atoms with van der Waals surface area (Å²) in [6, 6.07) is 3.85. The zero-order valence-electron chi connectivity index (χ0n) is 14.4. The van der Waals surface area contributed by atoms with Crippen LogP contribution in [0.1, 0.15) is 43.3 Å². The molecule has 0 aliphatic carbocycles. The monoisotopic (exact) mass is 338 g/mol. The van der Waals surface area contributed by atoms with E-state index < -0.39 is 5.60 Å². The summed E-state index contributed by atoms with van der Waals surface area (Å²) < 4.78 is 5.43. The maximum absolute atomic E-state index is 12.2. The fraction of sp³-hybridized carbons (Fsp3) is 0.647. The second kappa shape index (κ2) is 7.45. The third-order valence-electron chi connectivity index (χ3n) is 3.87. The smallest absolute Gasteiger partial charge is 0.410 e. The Morgan fingerprint density at radius 1 is 1.43 bits per heavy atom. The molecular formula is C17H26N2O3S. The normalized spacial score (nSPS) is 19.4. The fourth-order valence-electron chi connectivity index (χ4n) is 2.69. The number of carbonyl (C=O) groups excluding carboxylic acids is 2. The number of thiophene rings is 1. The molecule has 128 valence electrons. The molecule has 0 N–H and O–H groups in total. The van der Waals surface area contributed by atoms with E-state index in [1.807, 2.05) is 38.3 Å². The van der Waals surface area contributed by atoms with Crippen LogP contribution in [0, 0.1) is 0 Å². The molecule has 2 heterocycles. The Morgan fingerprint density at radius 2 is 2.17 bits per heavy atom. The molecule has 1 fully saturated rings. The third kappa shape index (κ3) is 5.32. The lowest BCUT2D eigenvalue weighted by molar-refractivity contribution is 0.0139. The molecule has 0 aromatic carbocycles. The Morgan fingerprint density at radius 3 is 2.78 bits per heavy atom. The molecule has 23 heavy (non-hydrogen) atoms. The van der Waals surface area contributed by atoms with E-state index in [1.54, 1.807) is 11.9 Å². The highest BCUT2D eigenvalue weighted by Gasteiger charge is 2.29. The van der Waals surface area contributed by atoms with Crippen molar-refractivity contribution in [2.45, 2.75) is 45.3 Å². The van der Waals surface area contributed by atoms with Gasteiger partial charge in [-0.3, -0.25) is 9.69 Å². The van der Waals surface area contributed by atoms with E-state index in [9.17, 15) is 9.59 Å². The molecule has 1 aromatic rings. The second-order valence-electron chi connectivity index (χ2n) is 7.02. The Kier molecular flexibility index (Phi) is 5.81. The van der Waals surface area contributed by atoms with Crippen LogP contribution in [0.4, 0.5) is 4.79 Å². The summed E-state index contributed by atoms with van der Waals surface area (Å²) >= 11 is 1.48. The summed E-state index contributed by atoms with van der Waals surface area (Å²) in [6.07, 6.45) is 1.63. The minimum Gasteiger partial charge on any atom is -0.444 e. The van der Waals surface area contributed by atoms with Crippen molar-refractivity contribution in [3.63, 3.8) is 0 Å². The van der Waals surface area contributed by atoms with Crippen LogP contribution in [0.5, 0.6) is 0 Å². The summed E-state index contributed by atoms with van der Waals surface area (Å²) in [4.78, 5) is 29.0. The van der Waals surface area contributed by atoms with Crippen molar-refractivity contribution in [3.8, 4) is 0 Å². The van der Waals surface area contributed by atoms with E-state index in [2.05, 4.69) is 4.90 Å². The second-order valence-corrected chi connectivity index (χ2v) is 7.97. The predicted molar refractivity (Wildman–Crippen MR) is 92.1 cm³/mol. The van der Waals surface area contributed by atoms with Gasteiger partial charge in [0, 0.05) is 19.6 Å². The molecule has 0 radical (unpaired) electrons. The maximum Gasteiger partial charge on any atom is 0.410 e. The summed E-state index contributed by atoms with van der Waals surface area (Å²) in [5, 5.41) is 1.92. The van der Waals surface area contributed by atoms with E-state index >= 15 is 0 Å². The van der Waals surface area contributed by atoms with Crippen LogP contribution in [0.15, 0.2) is 17.5 Å². The standard InChI is InChI=1S/C17H26N2O3S/c1-17(2,3)22-16(21)18(4)13-7-5-9-19(11-13)12-14(20)15-8-6-10-23-15/h6,8,10,13H,5,7,9,11-12H2,1-4H3/t13-/m0/s1. The fourth-order valence-corrected chi connectivity index (χ4v) is 3.35. The van der Waals surface area contributed by atoms with Gasteiger partial charge in [0.25, 0.3) is 0 Å². The molecular weight excluding hydrogens is 312 g/mol. The molecule has 2 rings (SSSR count). The van der Waals surface area contributed by atoms with Crippen LogP contribution in [-0.4, -0.2) is 60.0 Å². The number of carbonyl (C=O) groups is 2. The minimum atomic E-state index is -0.491. The summed E-state index contributed by atoms with van der Waals surface area (Å²) in [7, 11) is 1.78. The molecule has 5 nitrogen and oxygen atoms in total. The number of ketones is 1. The lowest BCUT2D eigenvalue weighted by Crippen LogP contribution is -2.50. The van der Waals surface area contributed by atoms with Crippen molar-refractivity contribution in [3.05, 3.63) is 22.4 Å². The van der Waals surface area contributed by atoms with E-state index in [1.165, 1.54) is 11.3 Å². The van der Waals surface area contributed by atoms with Crippen LogP contribution in [0.3, 0.4) is 0 Å². The van der Waals surface area contributed by atoms with Gasteiger partial charge in [0.1, 0.15) is 5.60 Å². The van der Waals surface area contributed by atoms with E-state index in [0.29, 0.717) is 13.1 Å². The first-order valence-corrected chi connectivity index (χ1v) is 8.89. The van der Waals surface area contributed by atoms with Crippen LogP contribution in [-0.2, 0) is 4.74 Å². The van der Waals surface area contributed by atoms with E-state index in [0.717, 1.165) is 24.3 Å². The molecule has 1 amide bonds. The first-order valence-electron chi connectivity index (χ1n) is 8.01. The van der Waals surface area contributed by atoms with Gasteiger partial charge < -0.3 is 9.64 Å². The predicted octanol–water partition coefficient (Wildman–Crippen LogP) is 3.26. The molecule has 1 aliphatic heterocycles. The number of rotatable bonds is 4. The van der Waals surface area contributed by atoms with Crippen molar-refractivity contribution in [1.82, 2.24) is 9.80 Å². The zero-order chi connectivity index (χ0) is 17.0. The Balaban J connectivity index is 1.90. The topological polar surface area (TPSA) is 49.9 Å². The molecule has 6 heteroatoms. The van der Waals surface area contributed by atoms with Gasteiger partial charge in [-0.1, -0.05) is 6.07 Å². The van der Waals surface area contributed by atoms with Crippen molar-refractivity contribution < 1.29 is 14.3 Å². The lowest BCUT2D eigenvalue weighted by atomic mass is 10.0. The van der Waals surface area contributed by atoms with Gasteiger partial charge in [0.05, 0.1) is 11.4 Å². The highest BCUT2D eigenvalue weighted by Crippen LogP contribution is 2.19. The number of likely N-dealkylation sites (tertiary alicyclic amines) is 1. The van der Waals surface area contributed by atoms with Crippen LogP contribution in [0.25, 0.3) is 0 Å². The van der Waals surface area contributed by atoms with Gasteiger partial charge in [0.2, 0.25) is 0 Å². The summed E-state index contributed by atoms with van der Waals surface area (Å²) in [5.41, 5.74) is -0.491. The Labute approximate surface area is 142 Å². The molecule has 1 aromatic heterocycles. The van der Waals surface area contributed by atoms with Crippen molar-refractivity contribution in [1.29, 1.82) is 0 Å². The average molecular weight is 338 g/mol. The number of hydrogen-bond donors (Lipinski definition) is 0. The SMILES string of the molecule is CN(C(=O)OC(C)(C)C)[C@H]1CCCN(CC(=O)c2cccs2)C1. The zero-order valence-corrected chi connectivity index (χ0v) is 15.2. The van der Waals surface area contributed by atoms with Crippen molar-refractivity contribution >= 4 is 23.2 Å². The number of likely N-dealkylation sites (N-methyl/N-ethyl adjacent to an activating group) is 1. The molecule has 1 saturated heterocycles. The number of Topliss-reactive ketones (excluding diaryl/α,β-unsaturated/α-hetero) is 1. The van der Waals surface area contributed by atoms with Crippen LogP contribution < -0.4 is 0 Å². The van der Waals surface area contributed by atoms with Crippen molar-refractivity contribution in [2.75, 3.05) is 26.7 Å². The van der Waals surface area contributed by atoms with Crippen LogP contribution in [0.2, 0.25) is 0 Å². The highest BCUT2D eigenvalue weighted by atomic mass is 32.1. The van der Waals surface area contributed by atoms with Gasteiger partial charge >= 0.3 is 6.09 Å². The number of piperidine rings is 1. The van der Waals surface area contributed by atoms with Crippen molar-refractivity contribution in [2.24, 2.45) is 0 Å². The van der Waals surface area contributed by atoms with Gasteiger partial charge in [-0.15, -0.1) is 11.3 Å². The molecule has 1 aliphatic rings. The maximum atomic E-state index is 12.2. The minimum absolute atomic E-state index is 0.0923. The average Bonchev–Trinajstić information content (AvgIpc) is 2.99. The quantitative estimate of drug-likeness (QED) is 0.791. The molecule has 0 unspecified atom stereocenters. The number of ether oxygens (including phenoxy) is 1. The Hall–Kier alpha value is -1.40. The molecule has 0 spiro atoms. The lowest BCUT2D eigenvalue weighted by Gasteiger charge is -2.37. The van der Waals surface area contributed by atoms with Gasteiger partial charge in [0.15, 0.2) is 5.78 Å². The summed E-state index contributed by atoms with van der Waals surface area (Å²) in [6.45, 7) is 7.63. The molecule has 1 atom stereocenters. The summed E-state index contributed by atoms with van der Waals surface area (Å²) in [5.74, 6) is 0.153. The first kappa shape index (κ1) is 17.9. The number of amides is 1. The highest BCUT2D eigenvalue weighted by molar-refractivity contribution is 7.12. The van der Waals surface area contributed by atoms with Crippen LogP contribution >= 0.6 is 11.3 Å². The number of hydrogen-bond acceptors (Lipinski definition) is 5. The first-order chi connectivity index (χ1) is 10.8. The third-order valence-corrected chi connectivity index (χ3v) is 4.78. The molecule has 0 bridgehead atoms. The van der Waals surface area contributed by atoms with E-state index in [4.69, 9.17) is 4.74 Å². The van der Waals surface area contributed by atoms with Gasteiger partial charge in [-0.05, 0) is 51.6 Å². The van der Waals surface area contributed by atoms with E-state index in [-0.39, 0.29) is 17.9 Å². The largest absolute Gasteiger partial charge is 0.444 e. The van der Waals surface area contributed by atoms with Gasteiger partial charge in [-0.2, -0.15) is 0 Å². The van der Waals surface area contributed by atoms with Gasteiger partial charge in [-0.25, -0.2) is 4.79 Å². The Bertz CT molecular complexity index is 537.